The minimum absolute atomic E-state index is 0.00136. The van der Waals surface area contributed by atoms with Gasteiger partial charge in [0.05, 0.1) is 32.0 Å². The van der Waals surface area contributed by atoms with Crippen molar-refractivity contribution >= 4 is 35.1 Å². The molecule has 0 unspecified atom stereocenters. The first-order valence-electron chi connectivity index (χ1n) is 9.37. The third-order valence-corrected chi connectivity index (χ3v) is 4.04. The number of benzene rings is 2. The van der Waals surface area contributed by atoms with Gasteiger partial charge < -0.3 is 30.2 Å². The standard InChI is InChI=1S/C21H21F2N3O7/c1-11(27)25-16-8-18(32-3)17(31-2)7-13(16)21(30)33-10-20(29)24-9-19(28)26-12-4-5-14(22)15(23)6-12/h4-8H,9-10H2,1-3H3,(H,24,29)(H,25,27)(H,26,28). The van der Waals surface area contributed by atoms with E-state index in [1.54, 1.807) is 0 Å². The van der Waals surface area contributed by atoms with Gasteiger partial charge in [-0.15, -0.1) is 0 Å². The van der Waals surface area contributed by atoms with Crippen LogP contribution in [-0.2, 0) is 19.1 Å². The van der Waals surface area contributed by atoms with E-state index in [9.17, 15) is 28.0 Å². The Morgan fingerprint density at radius 2 is 1.55 bits per heavy atom. The van der Waals surface area contributed by atoms with Gasteiger partial charge in [-0.2, -0.15) is 0 Å². The Balaban J connectivity index is 1.95. The van der Waals surface area contributed by atoms with Crippen LogP contribution in [0.4, 0.5) is 20.2 Å². The van der Waals surface area contributed by atoms with Crippen LogP contribution in [0.15, 0.2) is 30.3 Å². The molecule has 0 aliphatic heterocycles. The lowest BCUT2D eigenvalue weighted by Crippen LogP contribution is -2.35. The average molecular weight is 465 g/mol. The van der Waals surface area contributed by atoms with Crippen LogP contribution in [0.1, 0.15) is 17.3 Å². The first kappa shape index (κ1) is 25.0. The molecule has 0 atom stereocenters. The summed E-state index contributed by atoms with van der Waals surface area (Å²) in [5.74, 6) is -4.68. The highest BCUT2D eigenvalue weighted by molar-refractivity contribution is 6.02. The number of hydrogen-bond acceptors (Lipinski definition) is 7. The summed E-state index contributed by atoms with van der Waals surface area (Å²) in [5, 5.41) is 6.94. The van der Waals surface area contributed by atoms with Crippen LogP contribution in [0.25, 0.3) is 0 Å². The van der Waals surface area contributed by atoms with E-state index in [1.807, 2.05) is 0 Å². The molecule has 0 heterocycles. The second-order valence-electron chi connectivity index (χ2n) is 6.46. The van der Waals surface area contributed by atoms with Gasteiger partial charge in [0.1, 0.15) is 0 Å². The van der Waals surface area contributed by atoms with Crippen molar-refractivity contribution < 1.29 is 42.2 Å². The van der Waals surface area contributed by atoms with Crippen molar-refractivity contribution in [1.82, 2.24) is 5.32 Å². The summed E-state index contributed by atoms with van der Waals surface area (Å²) in [6, 6.07) is 5.41. The maximum Gasteiger partial charge on any atom is 0.340 e. The van der Waals surface area contributed by atoms with Crippen molar-refractivity contribution in [2.45, 2.75) is 6.92 Å². The van der Waals surface area contributed by atoms with E-state index in [1.165, 1.54) is 33.3 Å². The Kier molecular flexibility index (Phi) is 8.66. The van der Waals surface area contributed by atoms with Gasteiger partial charge in [-0.3, -0.25) is 14.4 Å². The zero-order valence-corrected chi connectivity index (χ0v) is 17.9. The Labute approximate surface area is 187 Å². The first-order chi connectivity index (χ1) is 15.6. The lowest BCUT2D eigenvalue weighted by molar-refractivity contribution is -0.126. The summed E-state index contributed by atoms with van der Waals surface area (Å²) in [5.41, 5.74) is -0.0123. The molecular formula is C21H21F2N3O7. The molecule has 12 heteroatoms. The maximum absolute atomic E-state index is 13.2. The van der Waals surface area contributed by atoms with Crippen LogP contribution in [0, 0.1) is 11.6 Å². The summed E-state index contributed by atoms with van der Waals surface area (Å²) in [6.07, 6.45) is 0. The van der Waals surface area contributed by atoms with Crippen LogP contribution in [0.3, 0.4) is 0 Å². The number of rotatable bonds is 9. The maximum atomic E-state index is 13.2. The number of methoxy groups -OCH3 is 2. The quantitative estimate of drug-likeness (QED) is 0.482. The number of halogens is 2. The molecule has 0 saturated heterocycles. The van der Waals surface area contributed by atoms with Crippen molar-refractivity contribution in [2.75, 3.05) is 38.0 Å². The number of hydrogen-bond donors (Lipinski definition) is 3. The van der Waals surface area contributed by atoms with E-state index in [-0.39, 0.29) is 28.4 Å². The summed E-state index contributed by atoms with van der Waals surface area (Å²) >= 11 is 0. The Bertz CT molecular complexity index is 1080. The summed E-state index contributed by atoms with van der Waals surface area (Å²) in [7, 11) is 2.73. The molecular weight excluding hydrogens is 444 g/mol. The summed E-state index contributed by atoms with van der Waals surface area (Å²) < 4.78 is 41.3. The molecule has 3 N–H and O–H groups in total. The lowest BCUT2D eigenvalue weighted by atomic mass is 10.1. The van der Waals surface area contributed by atoms with Gasteiger partial charge in [-0.05, 0) is 12.1 Å². The first-order valence-corrected chi connectivity index (χ1v) is 9.37. The molecule has 33 heavy (non-hydrogen) atoms. The molecule has 2 aromatic carbocycles. The van der Waals surface area contributed by atoms with E-state index in [2.05, 4.69) is 16.0 Å². The van der Waals surface area contributed by atoms with Gasteiger partial charge in [0.25, 0.3) is 5.91 Å². The molecule has 3 amide bonds. The average Bonchev–Trinajstić information content (AvgIpc) is 2.77. The van der Waals surface area contributed by atoms with E-state index < -0.39 is 48.5 Å². The molecule has 2 aromatic rings. The second kappa shape index (κ2) is 11.4. The third kappa shape index (κ3) is 7.16. The molecule has 0 aliphatic carbocycles. The molecule has 2 rings (SSSR count). The van der Waals surface area contributed by atoms with Crippen molar-refractivity contribution in [1.29, 1.82) is 0 Å². The van der Waals surface area contributed by atoms with Crippen LogP contribution < -0.4 is 25.4 Å². The van der Waals surface area contributed by atoms with Crippen molar-refractivity contribution in [3.8, 4) is 11.5 Å². The normalized spacial score (nSPS) is 10.1. The molecule has 0 bridgehead atoms. The zero-order chi connectivity index (χ0) is 24.5. The summed E-state index contributed by atoms with van der Waals surface area (Å²) in [6.45, 7) is -0.00132. The lowest BCUT2D eigenvalue weighted by Gasteiger charge is -2.14. The topological polar surface area (TPSA) is 132 Å². The second-order valence-corrected chi connectivity index (χ2v) is 6.46. The van der Waals surface area contributed by atoms with E-state index >= 15 is 0 Å². The van der Waals surface area contributed by atoms with Gasteiger partial charge in [0.15, 0.2) is 29.7 Å². The van der Waals surface area contributed by atoms with Gasteiger partial charge >= 0.3 is 5.97 Å². The monoisotopic (exact) mass is 465 g/mol. The fourth-order valence-corrected chi connectivity index (χ4v) is 2.56. The van der Waals surface area contributed by atoms with Gasteiger partial charge in [-0.1, -0.05) is 0 Å². The molecule has 0 aliphatic rings. The zero-order valence-electron chi connectivity index (χ0n) is 17.9. The number of carbonyl (C=O) groups excluding carboxylic acids is 4. The fourth-order valence-electron chi connectivity index (χ4n) is 2.56. The molecule has 0 fully saturated rings. The van der Waals surface area contributed by atoms with Crippen molar-refractivity contribution in [2.24, 2.45) is 0 Å². The minimum Gasteiger partial charge on any atom is -0.493 e. The highest BCUT2D eigenvalue weighted by atomic mass is 19.2. The van der Waals surface area contributed by atoms with E-state index in [0.29, 0.717) is 0 Å². The smallest absolute Gasteiger partial charge is 0.340 e. The van der Waals surface area contributed by atoms with E-state index in [0.717, 1.165) is 18.2 Å². The Hall–Kier alpha value is -4.22. The molecule has 0 spiro atoms. The number of esters is 1. The highest BCUT2D eigenvalue weighted by Gasteiger charge is 2.20. The number of amides is 3. The third-order valence-electron chi connectivity index (χ3n) is 4.04. The predicted octanol–water partition coefficient (Wildman–Crippen LogP) is 1.85. The SMILES string of the molecule is COc1cc(NC(C)=O)c(C(=O)OCC(=O)NCC(=O)Nc2ccc(F)c(F)c2)cc1OC. The molecule has 10 nitrogen and oxygen atoms in total. The number of anilines is 2. The van der Waals surface area contributed by atoms with Crippen molar-refractivity contribution in [3.05, 3.63) is 47.5 Å². The van der Waals surface area contributed by atoms with Gasteiger partial charge in [0.2, 0.25) is 11.8 Å². The van der Waals surface area contributed by atoms with Crippen LogP contribution in [0.5, 0.6) is 11.5 Å². The Morgan fingerprint density at radius 1 is 0.879 bits per heavy atom. The van der Waals surface area contributed by atoms with Crippen LogP contribution >= 0.6 is 0 Å². The van der Waals surface area contributed by atoms with E-state index in [4.69, 9.17) is 14.2 Å². The fraction of sp³-hybridized carbons (Fsp3) is 0.238. The van der Waals surface area contributed by atoms with Crippen molar-refractivity contribution in [3.63, 3.8) is 0 Å². The number of carbonyl (C=O) groups is 4. The number of ether oxygens (including phenoxy) is 3. The molecule has 0 aromatic heterocycles. The largest absolute Gasteiger partial charge is 0.493 e. The highest BCUT2D eigenvalue weighted by Crippen LogP contribution is 2.33. The van der Waals surface area contributed by atoms with Crippen LogP contribution in [-0.4, -0.2) is 51.1 Å². The van der Waals surface area contributed by atoms with Gasteiger partial charge in [0, 0.05) is 30.8 Å². The minimum atomic E-state index is -1.14. The molecule has 176 valence electrons. The molecule has 0 radical (unpaired) electrons. The van der Waals surface area contributed by atoms with Gasteiger partial charge in [-0.25, -0.2) is 13.6 Å². The number of nitrogens with one attached hydrogen (secondary N) is 3. The predicted molar refractivity (Wildman–Crippen MR) is 112 cm³/mol. The van der Waals surface area contributed by atoms with Crippen LogP contribution in [0.2, 0.25) is 0 Å². The molecule has 0 saturated carbocycles. The Morgan fingerprint density at radius 3 is 2.15 bits per heavy atom. The summed E-state index contributed by atoms with van der Waals surface area (Å²) in [4.78, 5) is 47.7.